The molecule has 40 heavy (non-hydrogen) atoms. The first-order valence-electron chi connectivity index (χ1n) is 13.8. The maximum Gasteiger partial charge on any atom is 0.273 e. The van der Waals surface area contributed by atoms with Gasteiger partial charge in [-0.3, -0.25) is 4.79 Å². The van der Waals surface area contributed by atoms with Crippen molar-refractivity contribution in [1.29, 1.82) is 0 Å². The van der Waals surface area contributed by atoms with E-state index in [4.69, 9.17) is 32.5 Å². The fraction of sp³-hybridized carbons (Fsp3) is 0.433. The predicted molar refractivity (Wildman–Crippen MR) is 161 cm³/mol. The van der Waals surface area contributed by atoms with Gasteiger partial charge in [-0.15, -0.1) is 0 Å². The average molecular weight is 570 g/mol. The van der Waals surface area contributed by atoms with Crippen molar-refractivity contribution in [1.82, 2.24) is 15.3 Å². The van der Waals surface area contributed by atoms with Gasteiger partial charge in [0.05, 0.1) is 46.9 Å². The normalized spacial score (nSPS) is 11.3. The number of nitrogens with zero attached hydrogens (tertiary/aromatic N) is 3. The number of nitrogens with two attached hydrogens (primary N) is 2. The third kappa shape index (κ3) is 8.99. The molecule has 3 rings (SSSR count). The van der Waals surface area contributed by atoms with Gasteiger partial charge in [0.1, 0.15) is 11.5 Å². The minimum Gasteiger partial charge on any atom is -0.497 e. The number of benzene rings is 2. The first-order valence-corrected chi connectivity index (χ1v) is 14.1. The minimum absolute atomic E-state index is 0.00284. The maximum atomic E-state index is 12.9. The molecule has 0 aliphatic carbocycles. The Labute approximate surface area is 242 Å². The molecule has 0 saturated heterocycles. The van der Waals surface area contributed by atoms with Crippen LogP contribution < -0.4 is 26.3 Å². The van der Waals surface area contributed by atoms with E-state index < -0.39 is 5.91 Å². The Kier molecular flexibility index (Phi) is 11.8. The Morgan fingerprint density at radius 1 is 0.825 bits per heavy atom. The molecule has 5 N–H and O–H groups in total. The number of carbonyl (C=O) groups excluding carboxylic acids is 1. The van der Waals surface area contributed by atoms with E-state index in [1.54, 1.807) is 14.2 Å². The van der Waals surface area contributed by atoms with E-state index in [0.29, 0.717) is 6.54 Å². The highest BCUT2D eigenvalue weighted by molar-refractivity contribution is 6.31. The Morgan fingerprint density at radius 3 is 1.82 bits per heavy atom. The number of nitrogen functional groups attached to an aromatic ring is 2. The summed E-state index contributed by atoms with van der Waals surface area (Å²) in [4.78, 5) is 20.8. The molecule has 0 saturated carbocycles. The van der Waals surface area contributed by atoms with Gasteiger partial charge >= 0.3 is 0 Å². The molecule has 0 aliphatic heterocycles. The fourth-order valence-electron chi connectivity index (χ4n) is 5.07. The van der Waals surface area contributed by atoms with Crippen LogP contribution in [0.3, 0.4) is 0 Å². The monoisotopic (exact) mass is 569 g/mol. The van der Waals surface area contributed by atoms with Gasteiger partial charge in [0.25, 0.3) is 5.91 Å². The molecule has 0 atom stereocenters. The molecule has 216 valence electrons. The highest BCUT2D eigenvalue weighted by atomic mass is 35.5. The number of amides is 1. The number of aryl methyl sites for hydroxylation is 2. The van der Waals surface area contributed by atoms with Gasteiger partial charge < -0.3 is 30.7 Å². The fourth-order valence-corrected chi connectivity index (χ4v) is 5.19. The quantitative estimate of drug-likeness (QED) is 0.216. The second-order valence-electron chi connectivity index (χ2n) is 10.0. The molecule has 3 aromatic rings. The number of quaternary nitrogens is 1. The summed E-state index contributed by atoms with van der Waals surface area (Å²) in [5.41, 5.74) is 14.1. The molecule has 1 aromatic heterocycles. The van der Waals surface area contributed by atoms with Gasteiger partial charge in [-0.25, -0.2) is 9.97 Å². The van der Waals surface area contributed by atoms with Crippen LogP contribution in [0.25, 0.3) is 0 Å². The summed E-state index contributed by atoms with van der Waals surface area (Å²) in [6.07, 6.45) is 5.08. The summed E-state index contributed by atoms with van der Waals surface area (Å²) in [7, 11) is 3.36. The molecule has 10 heteroatoms. The van der Waals surface area contributed by atoms with Crippen LogP contribution in [-0.2, 0) is 12.8 Å². The SMILES string of the molecule is CCC[N+](CCCc1ccc(OC)cc1)(CCCc1ccc(OC)cc1)CCNC(=O)c1nc(Cl)c(N)nc1N. The van der Waals surface area contributed by atoms with Gasteiger partial charge in [0, 0.05) is 12.8 Å². The smallest absolute Gasteiger partial charge is 0.273 e. The molecule has 2 aromatic carbocycles. The van der Waals surface area contributed by atoms with Crippen LogP contribution in [0.2, 0.25) is 5.15 Å². The topological polar surface area (TPSA) is 125 Å². The number of anilines is 2. The molecule has 0 aliphatic rings. The molecule has 0 radical (unpaired) electrons. The molecular formula is C30H42ClN6O3+. The van der Waals surface area contributed by atoms with Crippen molar-refractivity contribution < 1.29 is 18.8 Å². The lowest BCUT2D eigenvalue weighted by Crippen LogP contribution is -2.53. The summed E-state index contributed by atoms with van der Waals surface area (Å²) in [6.45, 7) is 6.53. The lowest BCUT2D eigenvalue weighted by molar-refractivity contribution is -0.927. The Balaban J connectivity index is 1.67. The third-order valence-corrected chi connectivity index (χ3v) is 7.48. The van der Waals surface area contributed by atoms with Gasteiger partial charge in [-0.05, 0) is 54.7 Å². The van der Waals surface area contributed by atoms with E-state index in [1.807, 2.05) is 24.3 Å². The van der Waals surface area contributed by atoms with E-state index in [-0.39, 0.29) is 22.5 Å². The van der Waals surface area contributed by atoms with Gasteiger partial charge in [0.15, 0.2) is 22.5 Å². The van der Waals surface area contributed by atoms with Crippen molar-refractivity contribution >= 4 is 29.1 Å². The van der Waals surface area contributed by atoms with Crippen molar-refractivity contribution in [3.63, 3.8) is 0 Å². The molecular weight excluding hydrogens is 528 g/mol. The average Bonchev–Trinajstić information content (AvgIpc) is 2.95. The van der Waals surface area contributed by atoms with Crippen molar-refractivity contribution in [3.8, 4) is 11.5 Å². The molecule has 0 unspecified atom stereocenters. The van der Waals surface area contributed by atoms with Crippen LogP contribution in [0.15, 0.2) is 48.5 Å². The van der Waals surface area contributed by atoms with Crippen LogP contribution in [0.4, 0.5) is 11.6 Å². The predicted octanol–water partition coefficient (Wildman–Crippen LogP) is 4.53. The zero-order chi connectivity index (χ0) is 29.0. The highest BCUT2D eigenvalue weighted by Gasteiger charge is 2.26. The zero-order valence-corrected chi connectivity index (χ0v) is 24.5. The molecule has 0 bridgehead atoms. The summed E-state index contributed by atoms with van der Waals surface area (Å²) in [6, 6.07) is 16.5. The van der Waals surface area contributed by atoms with Crippen molar-refractivity contribution in [2.75, 3.05) is 58.4 Å². The van der Waals surface area contributed by atoms with E-state index in [1.165, 1.54) is 11.1 Å². The molecule has 9 nitrogen and oxygen atoms in total. The van der Waals surface area contributed by atoms with Crippen molar-refractivity contribution in [3.05, 3.63) is 70.5 Å². The Hall–Kier alpha value is -3.56. The lowest BCUT2D eigenvalue weighted by atomic mass is 10.1. The maximum absolute atomic E-state index is 12.9. The number of hydrogen-bond donors (Lipinski definition) is 3. The van der Waals surface area contributed by atoms with E-state index in [9.17, 15) is 4.79 Å². The summed E-state index contributed by atoms with van der Waals surface area (Å²) >= 11 is 5.98. The molecule has 0 fully saturated rings. The number of ether oxygens (including phenoxy) is 2. The minimum atomic E-state index is -0.405. The number of methoxy groups -OCH3 is 2. The second-order valence-corrected chi connectivity index (χ2v) is 10.4. The molecule has 0 spiro atoms. The summed E-state index contributed by atoms with van der Waals surface area (Å²) in [5.74, 6) is 1.29. The van der Waals surface area contributed by atoms with Crippen molar-refractivity contribution in [2.24, 2.45) is 0 Å². The highest BCUT2D eigenvalue weighted by Crippen LogP contribution is 2.19. The standard InChI is InChI=1S/C30H41ClN6O3/c1-4-18-37(19-5-7-22-9-13-24(39-2)14-10-22,20-6-8-23-11-15-25(40-3)16-12-23)21-17-34-30(38)26-28(32)36-29(33)27(31)35-26/h9-16H,4-8,17-21H2,1-3H3,(H4-,32,33,34,36,38)/p+1. The van der Waals surface area contributed by atoms with Gasteiger partial charge in [-0.1, -0.05) is 42.8 Å². The Bertz CT molecular complexity index is 1170. The van der Waals surface area contributed by atoms with Crippen LogP contribution in [0.1, 0.15) is 47.8 Å². The van der Waals surface area contributed by atoms with E-state index >= 15 is 0 Å². The van der Waals surface area contributed by atoms with Crippen LogP contribution in [-0.4, -0.2) is 67.3 Å². The largest absolute Gasteiger partial charge is 0.497 e. The van der Waals surface area contributed by atoms with E-state index in [2.05, 4.69) is 46.5 Å². The summed E-state index contributed by atoms with van der Waals surface area (Å²) in [5, 5.41) is 2.94. The number of aromatic nitrogens is 2. The first-order chi connectivity index (χ1) is 19.3. The lowest BCUT2D eigenvalue weighted by Gasteiger charge is -2.39. The first kappa shape index (κ1) is 31.0. The molecule has 1 heterocycles. The van der Waals surface area contributed by atoms with Crippen LogP contribution in [0, 0.1) is 0 Å². The number of halogens is 1. The van der Waals surface area contributed by atoms with Crippen LogP contribution >= 0.6 is 11.6 Å². The Morgan fingerprint density at radius 2 is 1.35 bits per heavy atom. The number of nitrogens with one attached hydrogen (secondary N) is 1. The summed E-state index contributed by atoms with van der Waals surface area (Å²) < 4.78 is 11.5. The van der Waals surface area contributed by atoms with Crippen molar-refractivity contribution in [2.45, 2.75) is 39.0 Å². The number of rotatable bonds is 16. The zero-order valence-electron chi connectivity index (χ0n) is 23.8. The van der Waals surface area contributed by atoms with Gasteiger partial charge in [-0.2, -0.15) is 0 Å². The number of carbonyl (C=O) groups is 1. The molecule has 1 amide bonds. The second kappa shape index (κ2) is 15.3. The number of hydrogen-bond acceptors (Lipinski definition) is 7. The van der Waals surface area contributed by atoms with E-state index in [0.717, 1.165) is 74.3 Å². The van der Waals surface area contributed by atoms with Gasteiger partial charge in [0.2, 0.25) is 0 Å². The third-order valence-electron chi connectivity index (χ3n) is 7.20. The van der Waals surface area contributed by atoms with Crippen LogP contribution in [0.5, 0.6) is 11.5 Å².